The van der Waals surface area contributed by atoms with Crippen molar-refractivity contribution in [2.45, 2.75) is 0 Å². The largest absolute Gasteiger partial charge is 0.478 e. The van der Waals surface area contributed by atoms with E-state index in [4.69, 9.17) is 10.4 Å². The molecule has 0 spiro atoms. The van der Waals surface area contributed by atoms with Crippen LogP contribution in [0.15, 0.2) is 48.7 Å². The van der Waals surface area contributed by atoms with Gasteiger partial charge in [0.2, 0.25) is 0 Å². The van der Waals surface area contributed by atoms with Crippen LogP contribution in [0.3, 0.4) is 0 Å². The van der Waals surface area contributed by atoms with E-state index in [0.29, 0.717) is 22.4 Å². The van der Waals surface area contributed by atoms with E-state index in [1.807, 2.05) is 0 Å². The van der Waals surface area contributed by atoms with Crippen LogP contribution in [0, 0.1) is 11.3 Å². The number of carboxylic acid groups (broad SMARTS) is 1. The molecule has 3 rings (SSSR count). The van der Waals surface area contributed by atoms with Gasteiger partial charge in [-0.1, -0.05) is 6.07 Å². The SMILES string of the molecule is N#Cc1cccn1-c1ccc2c(C(=O)O)cccc2n1. The Labute approximate surface area is 114 Å². The zero-order valence-corrected chi connectivity index (χ0v) is 10.3. The standard InChI is InChI=1S/C15H9N3O2/c16-9-10-3-2-8-18(10)14-7-6-11-12(15(19)20)4-1-5-13(11)17-14/h1-8H,(H,19,20). The predicted octanol–water partition coefficient (Wildman–Crippen LogP) is 2.60. The fourth-order valence-corrected chi connectivity index (χ4v) is 2.14. The third-order valence-corrected chi connectivity index (χ3v) is 3.06. The van der Waals surface area contributed by atoms with Crippen molar-refractivity contribution in [3.8, 4) is 11.9 Å². The van der Waals surface area contributed by atoms with Crippen molar-refractivity contribution < 1.29 is 9.90 Å². The van der Waals surface area contributed by atoms with Gasteiger partial charge in [-0.3, -0.25) is 4.57 Å². The first-order chi connectivity index (χ1) is 9.70. The number of benzene rings is 1. The Balaban J connectivity index is 2.23. The van der Waals surface area contributed by atoms with E-state index in [-0.39, 0.29) is 5.56 Å². The molecule has 0 radical (unpaired) electrons. The molecule has 0 aliphatic rings. The second-order valence-electron chi connectivity index (χ2n) is 4.22. The number of carbonyl (C=O) groups is 1. The summed E-state index contributed by atoms with van der Waals surface area (Å²) in [6, 6.07) is 13.9. The second-order valence-corrected chi connectivity index (χ2v) is 4.22. The maximum Gasteiger partial charge on any atom is 0.336 e. The highest BCUT2D eigenvalue weighted by atomic mass is 16.4. The lowest BCUT2D eigenvalue weighted by atomic mass is 10.1. The molecule has 0 fully saturated rings. The summed E-state index contributed by atoms with van der Waals surface area (Å²) in [4.78, 5) is 15.6. The van der Waals surface area contributed by atoms with Crippen molar-refractivity contribution in [1.29, 1.82) is 5.26 Å². The lowest BCUT2D eigenvalue weighted by Crippen LogP contribution is -2.01. The van der Waals surface area contributed by atoms with E-state index < -0.39 is 5.97 Å². The summed E-state index contributed by atoms with van der Waals surface area (Å²) in [5, 5.41) is 18.7. The Morgan fingerprint density at radius 3 is 2.80 bits per heavy atom. The van der Waals surface area contributed by atoms with Crippen molar-refractivity contribution >= 4 is 16.9 Å². The minimum Gasteiger partial charge on any atom is -0.478 e. The summed E-state index contributed by atoms with van der Waals surface area (Å²) in [6.07, 6.45) is 1.74. The summed E-state index contributed by atoms with van der Waals surface area (Å²) < 4.78 is 1.66. The normalized spacial score (nSPS) is 10.3. The number of nitriles is 1. The fraction of sp³-hybridized carbons (Fsp3) is 0. The van der Waals surface area contributed by atoms with Gasteiger partial charge in [0.05, 0.1) is 11.1 Å². The zero-order valence-electron chi connectivity index (χ0n) is 10.3. The minimum atomic E-state index is -0.983. The first-order valence-electron chi connectivity index (χ1n) is 5.91. The molecule has 96 valence electrons. The molecule has 0 amide bonds. The fourth-order valence-electron chi connectivity index (χ4n) is 2.14. The third kappa shape index (κ3) is 1.80. The molecule has 0 bridgehead atoms. The lowest BCUT2D eigenvalue weighted by Gasteiger charge is -2.07. The molecule has 5 heteroatoms. The number of nitrogens with zero attached hydrogens (tertiary/aromatic N) is 3. The van der Waals surface area contributed by atoms with E-state index in [1.165, 1.54) is 0 Å². The molecule has 1 aromatic carbocycles. The Morgan fingerprint density at radius 2 is 2.05 bits per heavy atom. The minimum absolute atomic E-state index is 0.217. The van der Waals surface area contributed by atoms with Crippen molar-refractivity contribution in [2.75, 3.05) is 0 Å². The van der Waals surface area contributed by atoms with Gasteiger partial charge in [-0.05, 0) is 36.4 Å². The number of pyridine rings is 1. The number of aromatic nitrogens is 2. The number of carboxylic acids is 1. The van der Waals surface area contributed by atoms with Gasteiger partial charge in [0, 0.05) is 11.6 Å². The second kappa shape index (κ2) is 4.52. The Morgan fingerprint density at radius 1 is 1.20 bits per heavy atom. The number of hydrogen-bond donors (Lipinski definition) is 1. The summed E-state index contributed by atoms with van der Waals surface area (Å²) >= 11 is 0. The predicted molar refractivity (Wildman–Crippen MR) is 72.7 cm³/mol. The molecule has 20 heavy (non-hydrogen) atoms. The molecule has 0 saturated heterocycles. The van der Waals surface area contributed by atoms with E-state index in [0.717, 1.165) is 0 Å². The summed E-state index contributed by atoms with van der Waals surface area (Å²) in [5.41, 5.74) is 1.28. The highest BCUT2D eigenvalue weighted by Gasteiger charge is 2.10. The average Bonchev–Trinajstić information content (AvgIpc) is 2.94. The van der Waals surface area contributed by atoms with Gasteiger partial charge < -0.3 is 5.11 Å². The van der Waals surface area contributed by atoms with Crippen molar-refractivity contribution in [3.05, 3.63) is 59.9 Å². The molecule has 5 nitrogen and oxygen atoms in total. The van der Waals surface area contributed by atoms with Gasteiger partial charge >= 0.3 is 5.97 Å². The molecular weight excluding hydrogens is 254 g/mol. The van der Waals surface area contributed by atoms with Gasteiger partial charge in [-0.2, -0.15) is 5.26 Å². The van der Waals surface area contributed by atoms with E-state index >= 15 is 0 Å². The monoisotopic (exact) mass is 263 g/mol. The highest BCUT2D eigenvalue weighted by molar-refractivity contribution is 6.02. The Bertz CT molecular complexity index is 859. The summed E-state index contributed by atoms with van der Waals surface area (Å²) in [7, 11) is 0. The first kappa shape index (κ1) is 11.9. The number of aromatic carboxylic acids is 1. The van der Waals surface area contributed by atoms with Crippen LogP contribution < -0.4 is 0 Å². The average molecular weight is 263 g/mol. The molecule has 0 atom stereocenters. The van der Waals surface area contributed by atoms with Gasteiger partial charge in [-0.15, -0.1) is 0 Å². The number of rotatable bonds is 2. The van der Waals surface area contributed by atoms with Crippen LogP contribution in [-0.4, -0.2) is 20.6 Å². The lowest BCUT2D eigenvalue weighted by molar-refractivity contribution is 0.0699. The summed E-state index contributed by atoms with van der Waals surface area (Å²) in [5.74, 6) is -0.398. The topological polar surface area (TPSA) is 78.9 Å². The van der Waals surface area contributed by atoms with Crippen LogP contribution in [0.25, 0.3) is 16.7 Å². The van der Waals surface area contributed by atoms with E-state index in [2.05, 4.69) is 11.1 Å². The van der Waals surface area contributed by atoms with Crippen molar-refractivity contribution in [2.24, 2.45) is 0 Å². The molecule has 2 heterocycles. The molecule has 3 aromatic rings. The molecular formula is C15H9N3O2. The molecule has 2 aromatic heterocycles. The van der Waals surface area contributed by atoms with Crippen LogP contribution >= 0.6 is 0 Å². The van der Waals surface area contributed by atoms with Crippen LogP contribution in [0.1, 0.15) is 16.1 Å². The molecule has 0 aliphatic carbocycles. The molecule has 0 saturated carbocycles. The summed E-state index contributed by atoms with van der Waals surface area (Å²) in [6.45, 7) is 0. The number of hydrogen-bond acceptors (Lipinski definition) is 3. The molecule has 1 N–H and O–H groups in total. The third-order valence-electron chi connectivity index (χ3n) is 3.06. The quantitative estimate of drug-likeness (QED) is 0.770. The van der Waals surface area contributed by atoms with E-state index in [9.17, 15) is 4.79 Å². The maximum absolute atomic E-state index is 11.2. The highest BCUT2D eigenvalue weighted by Crippen LogP contribution is 2.20. The maximum atomic E-state index is 11.2. The van der Waals surface area contributed by atoms with Crippen LogP contribution in [0.5, 0.6) is 0 Å². The van der Waals surface area contributed by atoms with Gasteiger partial charge in [0.1, 0.15) is 17.6 Å². The number of fused-ring (bicyclic) bond motifs is 1. The van der Waals surface area contributed by atoms with Crippen LogP contribution in [0.4, 0.5) is 0 Å². The first-order valence-corrected chi connectivity index (χ1v) is 5.91. The molecule has 0 aliphatic heterocycles. The van der Waals surface area contributed by atoms with Crippen molar-refractivity contribution in [3.63, 3.8) is 0 Å². The van der Waals surface area contributed by atoms with E-state index in [1.54, 1.807) is 53.2 Å². The van der Waals surface area contributed by atoms with Crippen molar-refractivity contribution in [1.82, 2.24) is 9.55 Å². The zero-order chi connectivity index (χ0) is 14.1. The van der Waals surface area contributed by atoms with Crippen LogP contribution in [-0.2, 0) is 0 Å². The van der Waals surface area contributed by atoms with Gasteiger partial charge in [0.15, 0.2) is 0 Å². The van der Waals surface area contributed by atoms with Gasteiger partial charge in [-0.25, -0.2) is 9.78 Å². The Hall–Kier alpha value is -3.13. The van der Waals surface area contributed by atoms with Crippen LogP contribution in [0.2, 0.25) is 0 Å². The molecule has 0 unspecified atom stereocenters. The smallest absolute Gasteiger partial charge is 0.336 e. The van der Waals surface area contributed by atoms with Gasteiger partial charge in [0.25, 0.3) is 0 Å². The Kier molecular flexibility index (Phi) is 2.70.